The predicted molar refractivity (Wildman–Crippen MR) is 75.6 cm³/mol. The topological polar surface area (TPSA) is 28.2 Å². The third-order valence-corrected chi connectivity index (χ3v) is 5.03. The molecule has 2 aliphatic rings. The first-order valence-corrected chi connectivity index (χ1v) is 7.97. The summed E-state index contributed by atoms with van der Waals surface area (Å²) < 4.78 is 0. The van der Waals surface area contributed by atoms with Gasteiger partial charge in [-0.1, -0.05) is 0 Å². The van der Waals surface area contributed by atoms with Crippen molar-refractivity contribution in [2.24, 2.45) is 5.92 Å². The number of hydrogen-bond donors (Lipinski definition) is 1. The molecule has 0 bridgehead atoms. The number of rotatable bonds is 7. The lowest BCUT2D eigenvalue weighted by Gasteiger charge is -2.23. The van der Waals surface area contributed by atoms with E-state index in [-0.39, 0.29) is 0 Å². The van der Waals surface area contributed by atoms with Crippen LogP contribution in [0.5, 0.6) is 0 Å². The van der Waals surface area contributed by atoms with Crippen LogP contribution in [-0.4, -0.2) is 29.0 Å². The molecule has 2 fully saturated rings. The van der Waals surface area contributed by atoms with Gasteiger partial charge in [0.15, 0.2) is 0 Å². The smallest absolute Gasteiger partial charge is 0.107 e. The Bertz CT molecular complexity index is 395. The highest BCUT2D eigenvalue weighted by atomic mass is 32.1. The van der Waals surface area contributed by atoms with Crippen LogP contribution in [0.25, 0.3) is 0 Å². The van der Waals surface area contributed by atoms with E-state index in [9.17, 15) is 0 Å². The summed E-state index contributed by atoms with van der Waals surface area (Å²) in [5.41, 5.74) is 1.24. The van der Waals surface area contributed by atoms with Crippen LogP contribution >= 0.6 is 11.3 Å². The molecule has 1 atom stereocenters. The summed E-state index contributed by atoms with van der Waals surface area (Å²) in [5, 5.41) is 6.99. The fourth-order valence-corrected chi connectivity index (χ4v) is 3.10. The van der Waals surface area contributed by atoms with Crippen molar-refractivity contribution in [3.05, 3.63) is 16.1 Å². The van der Waals surface area contributed by atoms with Gasteiger partial charge >= 0.3 is 0 Å². The van der Waals surface area contributed by atoms with Crippen LogP contribution in [0.1, 0.15) is 43.3 Å². The average Bonchev–Trinajstić information content (AvgIpc) is 3.26. The molecule has 18 heavy (non-hydrogen) atoms. The Balaban J connectivity index is 1.48. The first-order chi connectivity index (χ1) is 8.72. The Morgan fingerprint density at radius 2 is 2.22 bits per heavy atom. The third kappa shape index (κ3) is 3.31. The van der Waals surface area contributed by atoms with Crippen molar-refractivity contribution in [3.63, 3.8) is 0 Å². The Morgan fingerprint density at radius 1 is 1.44 bits per heavy atom. The molecule has 0 saturated heterocycles. The summed E-state index contributed by atoms with van der Waals surface area (Å²) in [5.74, 6) is 0.935. The third-order valence-electron chi connectivity index (χ3n) is 4.13. The van der Waals surface area contributed by atoms with Gasteiger partial charge in [0.05, 0.1) is 5.69 Å². The summed E-state index contributed by atoms with van der Waals surface area (Å²) in [6, 6.07) is 1.48. The maximum Gasteiger partial charge on any atom is 0.107 e. The van der Waals surface area contributed by atoms with E-state index in [2.05, 4.69) is 29.6 Å². The molecule has 0 spiro atoms. The van der Waals surface area contributed by atoms with E-state index in [4.69, 9.17) is 4.98 Å². The van der Waals surface area contributed by atoms with E-state index in [1.807, 2.05) is 0 Å². The van der Waals surface area contributed by atoms with Gasteiger partial charge in [-0.3, -0.25) is 4.90 Å². The molecule has 1 unspecified atom stereocenters. The van der Waals surface area contributed by atoms with Crippen molar-refractivity contribution in [2.75, 3.05) is 7.05 Å². The Hall–Kier alpha value is -0.450. The van der Waals surface area contributed by atoms with Crippen LogP contribution in [0.4, 0.5) is 0 Å². The highest BCUT2D eigenvalue weighted by Gasteiger charge is 2.30. The molecule has 3 nitrogen and oxygen atoms in total. The molecule has 0 amide bonds. The lowest BCUT2D eigenvalue weighted by atomic mass is 10.2. The minimum atomic E-state index is 0.708. The molecule has 2 saturated carbocycles. The van der Waals surface area contributed by atoms with E-state index in [0.717, 1.165) is 25.0 Å². The minimum Gasteiger partial charge on any atom is -0.308 e. The summed E-state index contributed by atoms with van der Waals surface area (Å²) >= 11 is 1.80. The van der Waals surface area contributed by atoms with Gasteiger partial charge in [-0.15, -0.1) is 11.3 Å². The van der Waals surface area contributed by atoms with E-state index in [1.165, 1.54) is 36.4 Å². The number of hydrogen-bond acceptors (Lipinski definition) is 4. The van der Waals surface area contributed by atoms with E-state index >= 15 is 0 Å². The summed E-state index contributed by atoms with van der Waals surface area (Å²) in [6.07, 6.45) is 5.53. The second-order valence-corrected chi connectivity index (χ2v) is 6.82. The number of thiazole rings is 1. The largest absolute Gasteiger partial charge is 0.308 e. The zero-order valence-corrected chi connectivity index (χ0v) is 12.2. The molecular formula is C14H23N3S. The molecule has 100 valence electrons. The van der Waals surface area contributed by atoms with Crippen molar-refractivity contribution >= 4 is 11.3 Å². The Kier molecular flexibility index (Phi) is 3.68. The van der Waals surface area contributed by atoms with Gasteiger partial charge in [-0.05, 0) is 45.6 Å². The molecule has 3 rings (SSSR count). The molecule has 1 aromatic rings. The Morgan fingerprint density at radius 3 is 2.89 bits per heavy atom. The second-order valence-electron chi connectivity index (χ2n) is 5.88. The number of nitrogens with one attached hydrogen (secondary N) is 1. The molecule has 1 N–H and O–H groups in total. The average molecular weight is 265 g/mol. The molecule has 2 aliphatic carbocycles. The van der Waals surface area contributed by atoms with Crippen LogP contribution in [0.15, 0.2) is 5.38 Å². The monoisotopic (exact) mass is 265 g/mol. The molecule has 1 aromatic heterocycles. The van der Waals surface area contributed by atoms with Crippen LogP contribution in [0.3, 0.4) is 0 Å². The second kappa shape index (κ2) is 5.27. The molecule has 0 radical (unpaired) electrons. The predicted octanol–water partition coefficient (Wildman–Crippen LogP) is 2.63. The van der Waals surface area contributed by atoms with E-state index in [0.29, 0.717) is 6.04 Å². The maximum absolute atomic E-state index is 4.73. The zero-order valence-electron chi connectivity index (χ0n) is 11.4. The fourth-order valence-electron chi connectivity index (χ4n) is 2.36. The van der Waals surface area contributed by atoms with Gasteiger partial charge in [0, 0.05) is 30.6 Å². The maximum atomic E-state index is 4.73. The first-order valence-electron chi connectivity index (χ1n) is 7.09. The SMILES string of the molecule is CC(C1CC1)N(C)Cc1csc(CNC2CC2)n1. The lowest BCUT2D eigenvalue weighted by Crippen LogP contribution is -2.30. The minimum absolute atomic E-state index is 0.708. The zero-order chi connectivity index (χ0) is 12.5. The molecule has 0 aliphatic heterocycles. The standard InChI is InChI=1S/C14H23N3S/c1-10(11-3-4-11)17(2)8-13-9-18-14(16-13)7-15-12-5-6-12/h9-12,15H,3-8H2,1-2H3. The van der Waals surface area contributed by atoms with E-state index in [1.54, 1.807) is 11.3 Å². The first kappa shape index (κ1) is 12.6. The van der Waals surface area contributed by atoms with Crippen molar-refractivity contribution < 1.29 is 0 Å². The molecule has 4 heteroatoms. The summed E-state index contributed by atoms with van der Waals surface area (Å²) in [6.45, 7) is 4.30. The van der Waals surface area contributed by atoms with Crippen molar-refractivity contribution in [2.45, 2.75) is 57.8 Å². The summed E-state index contributed by atoms with van der Waals surface area (Å²) in [4.78, 5) is 7.18. The van der Waals surface area contributed by atoms with Gasteiger partial charge in [0.1, 0.15) is 5.01 Å². The quantitative estimate of drug-likeness (QED) is 0.821. The van der Waals surface area contributed by atoms with Gasteiger partial charge in [0.2, 0.25) is 0 Å². The van der Waals surface area contributed by atoms with Crippen LogP contribution in [-0.2, 0) is 13.1 Å². The van der Waals surface area contributed by atoms with Crippen molar-refractivity contribution in [3.8, 4) is 0 Å². The highest BCUT2D eigenvalue weighted by Crippen LogP contribution is 2.35. The van der Waals surface area contributed by atoms with Crippen molar-refractivity contribution in [1.82, 2.24) is 15.2 Å². The lowest BCUT2D eigenvalue weighted by molar-refractivity contribution is 0.224. The van der Waals surface area contributed by atoms with Crippen LogP contribution in [0.2, 0.25) is 0 Å². The number of nitrogens with zero attached hydrogens (tertiary/aromatic N) is 2. The van der Waals surface area contributed by atoms with Gasteiger partial charge in [-0.2, -0.15) is 0 Å². The highest BCUT2D eigenvalue weighted by molar-refractivity contribution is 7.09. The van der Waals surface area contributed by atoms with Crippen molar-refractivity contribution in [1.29, 1.82) is 0 Å². The van der Waals surface area contributed by atoms with Gasteiger partial charge < -0.3 is 5.32 Å². The Labute approximate surface area is 114 Å². The summed E-state index contributed by atoms with van der Waals surface area (Å²) in [7, 11) is 2.23. The van der Waals surface area contributed by atoms with E-state index < -0.39 is 0 Å². The molecular weight excluding hydrogens is 242 g/mol. The number of aromatic nitrogens is 1. The van der Waals surface area contributed by atoms with Crippen LogP contribution in [0, 0.1) is 5.92 Å². The normalized spacial score (nSPS) is 21.5. The fraction of sp³-hybridized carbons (Fsp3) is 0.786. The molecule has 0 aromatic carbocycles. The molecule has 1 heterocycles. The van der Waals surface area contributed by atoms with Gasteiger partial charge in [-0.25, -0.2) is 4.98 Å². The van der Waals surface area contributed by atoms with Crippen LogP contribution < -0.4 is 5.32 Å². The van der Waals surface area contributed by atoms with Gasteiger partial charge in [0.25, 0.3) is 0 Å².